The van der Waals surface area contributed by atoms with Crippen molar-refractivity contribution in [3.63, 3.8) is 0 Å². The number of carbonyl (C=O) groups excluding carboxylic acids is 1. The van der Waals surface area contributed by atoms with Crippen molar-refractivity contribution in [2.45, 2.75) is 24.6 Å². The van der Waals surface area contributed by atoms with E-state index in [1.165, 1.54) is 48.7 Å². The lowest BCUT2D eigenvalue weighted by atomic mass is 10.1. The van der Waals surface area contributed by atoms with E-state index in [0.717, 1.165) is 5.32 Å². The van der Waals surface area contributed by atoms with Gasteiger partial charge in [0.2, 0.25) is 0 Å². The predicted octanol–water partition coefficient (Wildman–Crippen LogP) is 4.07. The van der Waals surface area contributed by atoms with Gasteiger partial charge in [0.05, 0.1) is 12.8 Å². The van der Waals surface area contributed by atoms with Gasteiger partial charge >= 0.3 is 24.0 Å². The Bertz CT molecular complexity index is 829. The highest BCUT2D eigenvalue weighted by molar-refractivity contribution is 6.09. The molecule has 0 fully saturated rings. The summed E-state index contributed by atoms with van der Waals surface area (Å²) in [6.45, 7) is -0.404. The zero-order chi connectivity index (χ0) is 19.9. The highest BCUT2D eigenvalue weighted by Gasteiger charge is 2.74. The maximum atomic E-state index is 13.4. The largest absolute Gasteiger partial charge is 0.467 e. The maximum absolute atomic E-state index is 13.4. The molecule has 1 N–H and O–H groups in total. The van der Waals surface area contributed by atoms with E-state index in [1.54, 1.807) is 0 Å². The molecule has 2 heterocycles. The van der Waals surface area contributed by atoms with Gasteiger partial charge in [-0.25, -0.2) is 9.79 Å². The third-order valence-corrected chi connectivity index (χ3v) is 3.81. The van der Waals surface area contributed by atoms with Crippen LogP contribution in [0.2, 0.25) is 0 Å². The van der Waals surface area contributed by atoms with Crippen LogP contribution in [-0.4, -0.2) is 34.8 Å². The lowest BCUT2D eigenvalue weighted by molar-refractivity contribution is -0.302. The zero-order valence-electron chi connectivity index (χ0n) is 13.3. The van der Waals surface area contributed by atoms with Gasteiger partial charge < -0.3 is 4.42 Å². The summed E-state index contributed by atoms with van der Waals surface area (Å²) in [4.78, 5) is 15.9. The molecule has 2 aromatic rings. The smallest absolute Gasteiger partial charge is 0.441 e. The normalized spacial score (nSPS) is 17.5. The molecule has 0 unspecified atom stereocenters. The Morgan fingerprint density at radius 3 is 2.15 bits per heavy atom. The molecule has 0 atom stereocenters. The summed E-state index contributed by atoms with van der Waals surface area (Å²) < 4.78 is 85.3. The van der Waals surface area contributed by atoms with Gasteiger partial charge in [0.25, 0.3) is 0 Å². The quantitative estimate of drug-likeness (QED) is 0.802. The Morgan fingerprint density at radius 1 is 1.00 bits per heavy atom. The molecule has 0 saturated heterocycles. The number of aliphatic imine (C=N–C) groups is 1. The fourth-order valence-corrected chi connectivity index (χ4v) is 2.51. The van der Waals surface area contributed by atoms with Crippen molar-refractivity contribution in [3.05, 3.63) is 60.1 Å². The van der Waals surface area contributed by atoms with Crippen LogP contribution in [-0.2, 0) is 6.54 Å². The van der Waals surface area contributed by atoms with E-state index in [2.05, 4.69) is 4.99 Å². The average molecular weight is 391 g/mol. The molecule has 1 aromatic heterocycles. The Labute approximate surface area is 148 Å². The van der Waals surface area contributed by atoms with Crippen molar-refractivity contribution >= 4 is 11.9 Å². The van der Waals surface area contributed by atoms with Crippen molar-refractivity contribution in [3.8, 4) is 0 Å². The Hall–Kier alpha value is -2.98. The number of amides is 2. The first-order valence-corrected chi connectivity index (χ1v) is 7.46. The summed E-state index contributed by atoms with van der Waals surface area (Å²) in [6, 6.07) is 8.11. The van der Waals surface area contributed by atoms with Crippen LogP contribution >= 0.6 is 0 Å². The molecule has 5 nitrogen and oxygen atoms in total. The number of urea groups is 1. The van der Waals surface area contributed by atoms with Crippen LogP contribution in [0, 0.1) is 0 Å². The highest BCUT2D eigenvalue weighted by Crippen LogP contribution is 2.46. The Balaban J connectivity index is 2.19. The fourth-order valence-electron chi connectivity index (χ4n) is 2.51. The molecule has 0 spiro atoms. The van der Waals surface area contributed by atoms with Gasteiger partial charge in [-0.1, -0.05) is 30.3 Å². The second-order valence-electron chi connectivity index (χ2n) is 5.60. The predicted molar refractivity (Wildman–Crippen MR) is 80.6 cm³/mol. The van der Waals surface area contributed by atoms with Crippen LogP contribution in [0.5, 0.6) is 0 Å². The van der Waals surface area contributed by atoms with E-state index in [4.69, 9.17) is 4.42 Å². The van der Waals surface area contributed by atoms with E-state index in [1.807, 2.05) is 0 Å². The number of rotatable bonds is 3. The minimum Gasteiger partial charge on any atom is -0.467 e. The van der Waals surface area contributed by atoms with Gasteiger partial charge in [0.1, 0.15) is 11.6 Å². The molecule has 0 saturated carbocycles. The van der Waals surface area contributed by atoms with Crippen LogP contribution in [0.3, 0.4) is 0 Å². The zero-order valence-corrected chi connectivity index (χ0v) is 13.3. The summed E-state index contributed by atoms with van der Waals surface area (Å²) in [7, 11) is 0. The number of furan rings is 1. The molecule has 0 bridgehead atoms. The molecule has 11 heteroatoms. The number of benzene rings is 1. The lowest BCUT2D eigenvalue weighted by Gasteiger charge is -2.41. The number of hydrogen-bond acceptors (Lipinski definition) is 3. The van der Waals surface area contributed by atoms with Crippen LogP contribution in [0.25, 0.3) is 0 Å². The lowest BCUT2D eigenvalue weighted by Crippen LogP contribution is -2.71. The molecule has 27 heavy (non-hydrogen) atoms. The third-order valence-electron chi connectivity index (χ3n) is 3.81. The molecule has 1 aromatic carbocycles. The number of nitrogens with zero attached hydrogens (tertiary/aromatic N) is 2. The molecule has 2 amide bonds. The average Bonchev–Trinajstić information content (AvgIpc) is 3.08. The van der Waals surface area contributed by atoms with Crippen molar-refractivity contribution in [2.75, 3.05) is 0 Å². The monoisotopic (exact) mass is 391 g/mol. The summed E-state index contributed by atoms with van der Waals surface area (Å²) in [5, 5.41) is 0.980. The Morgan fingerprint density at radius 2 is 1.63 bits per heavy atom. The molecule has 3 rings (SSSR count). The summed E-state index contributed by atoms with van der Waals surface area (Å²) in [6.07, 6.45) is -10.6. The van der Waals surface area contributed by atoms with Crippen molar-refractivity contribution in [2.24, 2.45) is 4.99 Å². The molecule has 0 radical (unpaired) electrons. The van der Waals surface area contributed by atoms with Gasteiger partial charge in [-0.05, 0) is 12.1 Å². The van der Waals surface area contributed by atoms with Crippen molar-refractivity contribution < 1.29 is 35.6 Å². The molecule has 0 aliphatic carbocycles. The summed E-state index contributed by atoms with van der Waals surface area (Å²) in [5.74, 6) is -0.620. The van der Waals surface area contributed by atoms with Gasteiger partial charge in [-0.2, -0.15) is 26.3 Å². The van der Waals surface area contributed by atoms with Crippen LogP contribution in [0.4, 0.5) is 31.1 Å². The number of carbonyl (C=O) groups is 1. The summed E-state index contributed by atoms with van der Waals surface area (Å²) >= 11 is 0. The van der Waals surface area contributed by atoms with Gasteiger partial charge in [-0.15, -0.1) is 0 Å². The first-order chi connectivity index (χ1) is 12.6. The molecule has 144 valence electrons. The van der Waals surface area contributed by atoms with Crippen LogP contribution in [0.15, 0.2) is 58.1 Å². The second-order valence-corrected chi connectivity index (χ2v) is 5.60. The first kappa shape index (κ1) is 18.8. The first-order valence-electron chi connectivity index (χ1n) is 7.46. The van der Waals surface area contributed by atoms with Gasteiger partial charge in [-0.3, -0.25) is 10.2 Å². The topological polar surface area (TPSA) is 57.8 Å². The van der Waals surface area contributed by atoms with E-state index in [-0.39, 0.29) is 11.3 Å². The van der Waals surface area contributed by atoms with Gasteiger partial charge in [0, 0.05) is 5.56 Å². The number of halogens is 6. The van der Waals surface area contributed by atoms with E-state index >= 15 is 0 Å². The maximum Gasteiger partial charge on any atom is 0.441 e. The number of hydrogen-bond donors (Lipinski definition) is 1. The molecular weight excluding hydrogens is 380 g/mol. The number of amidine groups is 1. The fraction of sp³-hybridized carbons (Fsp3) is 0.250. The number of alkyl halides is 6. The summed E-state index contributed by atoms with van der Waals surface area (Å²) in [5.41, 5.74) is -4.83. The number of nitrogens with one attached hydrogen (secondary N) is 1. The van der Waals surface area contributed by atoms with E-state index < -0.39 is 36.4 Å². The van der Waals surface area contributed by atoms with E-state index in [9.17, 15) is 31.1 Å². The molecule has 1 aliphatic rings. The van der Waals surface area contributed by atoms with Crippen LogP contribution in [0.1, 0.15) is 11.3 Å². The minimum atomic E-state index is -5.91. The SMILES string of the molecule is O=C1NC(C(F)(F)F)(C(F)(F)F)N=C(c2ccccc2)N1Cc1ccco1. The van der Waals surface area contributed by atoms with Gasteiger partial charge in [0.15, 0.2) is 0 Å². The second kappa shape index (κ2) is 6.32. The van der Waals surface area contributed by atoms with E-state index in [0.29, 0.717) is 4.90 Å². The highest BCUT2D eigenvalue weighted by atomic mass is 19.4. The minimum absolute atomic E-state index is 0.0863. The standard InChI is InChI=1S/C16H11F6N3O2/c17-15(18,19)14(16(20,21)22)23-12(10-5-2-1-3-6-10)25(13(26)24-14)9-11-7-4-8-27-11/h1-8H,9H2,(H,24,26). The Kier molecular flexibility index (Phi) is 4.40. The van der Waals surface area contributed by atoms with Crippen molar-refractivity contribution in [1.82, 2.24) is 10.2 Å². The third kappa shape index (κ3) is 3.24. The molecular formula is C16H11F6N3O2. The van der Waals surface area contributed by atoms with Crippen LogP contribution < -0.4 is 5.32 Å². The van der Waals surface area contributed by atoms with Crippen molar-refractivity contribution in [1.29, 1.82) is 0 Å². The molecule has 1 aliphatic heterocycles.